The van der Waals surface area contributed by atoms with Gasteiger partial charge in [0.2, 0.25) is 0 Å². The largest absolute Gasteiger partial charge is 0.304 e. The maximum Gasteiger partial charge on any atom is 0.164 e. The van der Waals surface area contributed by atoms with Crippen LogP contribution >= 0.6 is 0 Å². The van der Waals surface area contributed by atoms with Crippen LogP contribution in [0.25, 0.3) is 22.6 Å². The van der Waals surface area contributed by atoms with Gasteiger partial charge in [0.1, 0.15) is 11.6 Å². The van der Waals surface area contributed by atoms with Gasteiger partial charge in [-0.1, -0.05) is 78.4 Å². The van der Waals surface area contributed by atoms with Crippen molar-refractivity contribution in [3.63, 3.8) is 0 Å². The van der Waals surface area contributed by atoms with Gasteiger partial charge in [-0.2, -0.15) is 0 Å². The Bertz CT molecular complexity index is 1230. The molecule has 0 saturated heterocycles. The Morgan fingerprint density at radius 2 is 1.32 bits per heavy atom. The Labute approximate surface area is 242 Å². The monoisotopic (exact) mass is 686 g/mol. The van der Waals surface area contributed by atoms with Gasteiger partial charge in [-0.3, -0.25) is 0 Å². The SMILES string of the molecule is CC1(C)CC(C)(C)c2cc(-c3ccc(-c4nc(C5CCCCC5)nc(C5CCCCC5)n4)cn3)[c-]cc21.[Ir]. The minimum atomic E-state index is 0. The van der Waals surface area contributed by atoms with Crippen LogP contribution in [0.2, 0.25) is 0 Å². The molecule has 0 bridgehead atoms. The van der Waals surface area contributed by atoms with E-state index in [0.29, 0.717) is 11.8 Å². The molecule has 3 aliphatic rings. The molecule has 1 radical (unpaired) electrons. The fourth-order valence-electron chi connectivity index (χ4n) is 7.37. The van der Waals surface area contributed by atoms with Crippen LogP contribution in [0.15, 0.2) is 30.5 Å². The molecule has 2 fully saturated rings. The summed E-state index contributed by atoms with van der Waals surface area (Å²) in [6.07, 6.45) is 15.7. The van der Waals surface area contributed by atoms with Gasteiger partial charge in [0.25, 0.3) is 0 Å². The maximum absolute atomic E-state index is 5.08. The predicted molar refractivity (Wildman–Crippen MR) is 150 cm³/mol. The summed E-state index contributed by atoms with van der Waals surface area (Å²) < 4.78 is 0. The average molecular weight is 686 g/mol. The van der Waals surface area contributed by atoms with E-state index < -0.39 is 0 Å². The van der Waals surface area contributed by atoms with Crippen LogP contribution in [0, 0.1) is 6.07 Å². The van der Waals surface area contributed by atoms with Crippen molar-refractivity contribution in [1.82, 2.24) is 19.9 Å². The quantitative estimate of drug-likeness (QED) is 0.259. The summed E-state index contributed by atoms with van der Waals surface area (Å²) in [5.41, 5.74) is 6.23. The van der Waals surface area contributed by atoms with Gasteiger partial charge in [0.05, 0.1) is 0 Å². The number of benzene rings is 1. The van der Waals surface area contributed by atoms with Gasteiger partial charge in [-0.15, -0.1) is 34.9 Å². The first-order valence-electron chi connectivity index (χ1n) is 14.6. The molecular formula is C33H41IrN4-. The summed E-state index contributed by atoms with van der Waals surface area (Å²) >= 11 is 0. The van der Waals surface area contributed by atoms with E-state index in [1.165, 1.54) is 75.3 Å². The summed E-state index contributed by atoms with van der Waals surface area (Å²) in [7, 11) is 0. The van der Waals surface area contributed by atoms with Crippen LogP contribution < -0.4 is 0 Å². The number of nitrogens with zero attached hydrogens (tertiary/aromatic N) is 4. The summed E-state index contributed by atoms with van der Waals surface area (Å²) in [5.74, 6) is 3.78. The molecule has 0 spiro atoms. The van der Waals surface area contributed by atoms with Crippen molar-refractivity contribution in [2.24, 2.45) is 0 Å². The second-order valence-electron chi connectivity index (χ2n) is 13.1. The molecule has 38 heavy (non-hydrogen) atoms. The number of rotatable bonds is 4. The number of fused-ring (bicyclic) bond motifs is 1. The van der Waals surface area contributed by atoms with Crippen LogP contribution in [0.3, 0.4) is 0 Å². The Morgan fingerprint density at radius 3 is 1.87 bits per heavy atom. The third-order valence-corrected chi connectivity index (χ3v) is 9.20. The summed E-state index contributed by atoms with van der Waals surface area (Å²) in [5, 5.41) is 0. The van der Waals surface area contributed by atoms with E-state index in [-0.39, 0.29) is 30.9 Å². The van der Waals surface area contributed by atoms with Gasteiger partial charge in [0, 0.05) is 43.7 Å². The molecule has 0 N–H and O–H groups in total. The Morgan fingerprint density at radius 1 is 0.737 bits per heavy atom. The topological polar surface area (TPSA) is 51.6 Å². The number of hydrogen-bond donors (Lipinski definition) is 0. The second-order valence-corrected chi connectivity index (χ2v) is 13.1. The smallest absolute Gasteiger partial charge is 0.164 e. The molecule has 0 atom stereocenters. The molecule has 0 amide bonds. The normalized spacial score (nSPS) is 21.1. The van der Waals surface area contributed by atoms with Gasteiger partial charge in [-0.25, -0.2) is 15.0 Å². The third kappa shape index (κ3) is 5.39. The fraction of sp³-hybridized carbons (Fsp3) is 0.576. The first-order valence-corrected chi connectivity index (χ1v) is 14.6. The molecule has 1 aromatic carbocycles. The van der Waals surface area contributed by atoms with E-state index in [9.17, 15) is 0 Å². The van der Waals surface area contributed by atoms with Crippen LogP contribution in [-0.4, -0.2) is 19.9 Å². The predicted octanol–water partition coefficient (Wildman–Crippen LogP) is 8.45. The fourth-order valence-corrected chi connectivity index (χ4v) is 7.37. The van der Waals surface area contributed by atoms with Crippen LogP contribution in [0.5, 0.6) is 0 Å². The first-order chi connectivity index (χ1) is 17.8. The zero-order chi connectivity index (χ0) is 25.6. The molecule has 0 aliphatic heterocycles. The van der Waals surface area contributed by atoms with Crippen molar-refractivity contribution < 1.29 is 20.1 Å². The van der Waals surface area contributed by atoms with Crippen molar-refractivity contribution in [3.05, 3.63) is 59.3 Å². The van der Waals surface area contributed by atoms with Crippen LogP contribution in [0.4, 0.5) is 0 Å². The van der Waals surface area contributed by atoms with Crippen molar-refractivity contribution in [1.29, 1.82) is 0 Å². The Balaban J connectivity index is 0.00000294. The van der Waals surface area contributed by atoms with E-state index in [4.69, 9.17) is 19.9 Å². The molecule has 0 unspecified atom stereocenters. The van der Waals surface area contributed by atoms with Gasteiger partial charge in [-0.05, 0) is 48.6 Å². The molecule has 2 heterocycles. The number of aromatic nitrogens is 4. The summed E-state index contributed by atoms with van der Waals surface area (Å²) in [6, 6.07) is 12.3. The molecule has 5 heteroatoms. The molecule has 3 aliphatic carbocycles. The summed E-state index contributed by atoms with van der Waals surface area (Å²) in [6.45, 7) is 9.41. The van der Waals surface area contributed by atoms with E-state index >= 15 is 0 Å². The van der Waals surface area contributed by atoms with Crippen LogP contribution in [-0.2, 0) is 30.9 Å². The zero-order valence-corrected chi connectivity index (χ0v) is 25.8. The molecule has 4 nitrogen and oxygen atoms in total. The van der Waals surface area contributed by atoms with E-state index in [1.807, 2.05) is 6.20 Å². The second kappa shape index (κ2) is 10.9. The van der Waals surface area contributed by atoms with Crippen molar-refractivity contribution >= 4 is 0 Å². The average Bonchev–Trinajstić information content (AvgIpc) is 3.12. The maximum atomic E-state index is 5.08. The summed E-state index contributed by atoms with van der Waals surface area (Å²) in [4.78, 5) is 20.0. The van der Waals surface area contributed by atoms with Gasteiger partial charge in [0.15, 0.2) is 5.82 Å². The molecule has 6 rings (SSSR count). The molecule has 3 aromatic rings. The van der Waals surface area contributed by atoms with Crippen LogP contribution in [0.1, 0.15) is 133 Å². The Kier molecular flexibility index (Phi) is 7.91. The molecular weight excluding hydrogens is 645 g/mol. The Hall–Kier alpha value is -1.97. The molecule has 203 valence electrons. The van der Waals surface area contributed by atoms with E-state index in [0.717, 1.165) is 40.7 Å². The number of hydrogen-bond acceptors (Lipinski definition) is 4. The van der Waals surface area contributed by atoms with E-state index in [1.54, 1.807) is 0 Å². The molecule has 2 saturated carbocycles. The van der Waals surface area contributed by atoms with Crippen molar-refractivity contribution in [3.8, 4) is 22.6 Å². The third-order valence-electron chi connectivity index (χ3n) is 9.20. The molecule has 2 aromatic heterocycles. The minimum Gasteiger partial charge on any atom is -0.304 e. The minimum absolute atomic E-state index is 0. The van der Waals surface area contributed by atoms with Gasteiger partial charge < -0.3 is 4.98 Å². The first kappa shape index (κ1) is 27.6. The standard InChI is InChI=1S/C33H41N4.Ir/c1-32(2)21-33(3,4)27-19-24(15-17-26(27)32)28-18-16-25(20-34-28)31-36-29(22-11-7-5-8-12-22)35-30(37-31)23-13-9-6-10-14-23;/h16-20,22-23H,5-14,21H2,1-4H3;/q-1;. The van der Waals surface area contributed by atoms with Crippen molar-refractivity contribution in [2.75, 3.05) is 0 Å². The number of pyridine rings is 1. The zero-order valence-electron chi connectivity index (χ0n) is 23.4. The van der Waals surface area contributed by atoms with Crippen molar-refractivity contribution in [2.45, 2.75) is 121 Å². The van der Waals surface area contributed by atoms with Gasteiger partial charge >= 0.3 is 0 Å². The van der Waals surface area contributed by atoms with E-state index in [2.05, 4.69) is 58.0 Å².